The summed E-state index contributed by atoms with van der Waals surface area (Å²) in [4.78, 5) is 79.2. The fraction of sp³-hybridized carbons (Fsp3) is 0.810. The molecule has 1 spiro atoms. The minimum absolute atomic E-state index is 0. The largest absolute Gasteiger partial charge is 0.740 e. The number of hydrogen-bond donors (Lipinski definition) is 5. The van der Waals surface area contributed by atoms with Gasteiger partial charge >= 0.3 is 0 Å². The molecule has 114 heavy (non-hydrogen) atoms. The Balaban J connectivity index is 0.0000138. The third-order valence-electron chi connectivity index (χ3n) is 22.7. The van der Waals surface area contributed by atoms with E-state index in [1.54, 1.807) is 44.2 Å². The number of hydrogen-bond acceptors (Lipinski definition) is 29. The van der Waals surface area contributed by atoms with Crippen molar-refractivity contribution < 1.29 is 148 Å². The summed E-state index contributed by atoms with van der Waals surface area (Å²) >= 11 is 4.93. The van der Waals surface area contributed by atoms with Crippen molar-refractivity contribution in [2.45, 2.75) is 251 Å². The second-order valence-electron chi connectivity index (χ2n) is 31.8. The predicted molar refractivity (Wildman–Crippen MR) is 408 cm³/mol. The molecule has 643 valence electrons. The van der Waals surface area contributed by atoms with Gasteiger partial charge in [0.25, 0.3) is 0 Å². The van der Waals surface area contributed by atoms with Gasteiger partial charge in [-0.25, -0.2) is 4.68 Å². The van der Waals surface area contributed by atoms with Crippen LogP contribution in [0.15, 0.2) is 48.1 Å². The zero-order chi connectivity index (χ0) is 79.8. The Labute approximate surface area is 706 Å². The summed E-state index contributed by atoms with van der Waals surface area (Å²) in [6.45, 7) is 20.6. The number of amides is 4. The number of nitrogens with zero attached hydrogens (tertiary/aromatic N) is 6. The van der Waals surface area contributed by atoms with Crippen molar-refractivity contribution >= 4 is 42.0 Å². The molecular formula is C79H123N10O23STb-. The molecule has 12 bridgehead atoms. The Morgan fingerprint density at radius 2 is 1.30 bits per heavy atom. The van der Waals surface area contributed by atoms with E-state index in [1.807, 2.05) is 19.0 Å². The van der Waals surface area contributed by atoms with Crippen molar-refractivity contribution in [3.05, 3.63) is 42.9 Å². The zero-order valence-corrected chi connectivity index (χ0v) is 70.0. The number of carbonyl (C=O) groups excluding carboxylic acids is 5. The molecule has 2 aromatic heterocycles. The number of Topliss-reactive ketones (excluding diaryl/α,β-unsaturated/α-hetero) is 1. The predicted octanol–water partition coefficient (Wildman–Crippen LogP) is 2.86. The number of rotatable bonds is 44. The number of unbranched alkanes of at least 4 members (excludes halogenated alkanes) is 1. The van der Waals surface area contributed by atoms with Crippen molar-refractivity contribution in [1.82, 2.24) is 51.1 Å². The van der Waals surface area contributed by atoms with Gasteiger partial charge in [-0.05, 0) is 108 Å². The molecular weight excluding hydrogens is 1650 g/mol. The first-order chi connectivity index (χ1) is 54.7. The molecule has 2 aromatic rings. The molecule has 10 saturated heterocycles. The van der Waals surface area contributed by atoms with Crippen LogP contribution in [0.3, 0.4) is 0 Å². The molecule has 4 amide bonds. The van der Waals surface area contributed by atoms with E-state index in [2.05, 4.69) is 61.6 Å². The second kappa shape index (κ2) is 46.7. The Bertz CT molecular complexity index is 3340. The molecule has 0 aromatic carbocycles. The van der Waals surface area contributed by atoms with E-state index in [-0.39, 0.29) is 168 Å². The van der Waals surface area contributed by atoms with Crippen LogP contribution in [-0.2, 0) is 124 Å². The number of aromatic nitrogens is 5. The van der Waals surface area contributed by atoms with Crippen LogP contribution in [0.4, 0.5) is 0 Å². The number of fused-ring (bicyclic) bond motifs is 6. The summed E-state index contributed by atoms with van der Waals surface area (Å²) in [5.74, 6) is -3.77. The minimum Gasteiger partial charge on any atom is -0.740 e. The molecule has 21 atom stereocenters. The molecule has 1 radical (unpaired) electrons. The van der Waals surface area contributed by atoms with Crippen LogP contribution < -0.4 is 21.3 Å². The summed E-state index contributed by atoms with van der Waals surface area (Å²) < 4.78 is 107. The van der Waals surface area contributed by atoms with Gasteiger partial charge in [-0.2, -0.15) is 0 Å². The molecule has 2 unspecified atom stereocenters. The standard InChI is InChI=1S/C79H124N10O23S.Tb/c1-48(2)69(85-68(93)47-104-34-33-103-32-31-102-30-29-101-28-27-100-26-25-99-24-23-98-22-21-97-20-19-89-46-60(86-87-89)52-42-82-78(113)83-43-52)77(95)84-59(11-9-10-18-88(6)7)76(94)81-45-67(92)80-44-54(91)39-65-70(96-8)58-38-53(90)37-56-13-15-62-71(107-56)75-74-73(109-62)72-66(110-74)41-79(111-72,112-75)17-16-57-36-50(4)61(105-57)14-12-55-35-49(3)51(5)63(106-55)40-64(58)108-65;/h42-43,46,48-49,54-59,61-66,69-75,91H,4-5,9-41,44-45,47H2,1-3,6-8H3,(H,80,92)(H,81,94)(H,84,95)(H,85,93)(H,82,83,113);/p-1/t49-,54+,55+,56-,57+,58+,59+,61?,62+,63-,64+,65-,66?,69+,70-,71+,72+,73+,74-,75+,79+;/m1./s1. The van der Waals surface area contributed by atoms with E-state index < -0.39 is 96.7 Å². The van der Waals surface area contributed by atoms with Gasteiger partial charge in [-0.1, -0.05) is 39.1 Å². The van der Waals surface area contributed by atoms with E-state index in [9.17, 15) is 29.1 Å². The molecule has 33 nitrogen and oxygen atoms in total. The van der Waals surface area contributed by atoms with E-state index in [1.165, 1.54) is 0 Å². The topological polar surface area (TPSA) is 370 Å². The fourth-order valence-corrected chi connectivity index (χ4v) is 16.9. The SMILES string of the molecule is C=C1C[C@@H]2CC[C@@]34CC5O[C@H]6[C@@H](O3)[C@H]3O[C@H](CC[C@@H]3O[C@H]6[C@H]5O4)CC(=O)C[C@@H]3[C@@H](OC)[C@@H](C[C@H](O)CNC(=O)CNC(=O)[C@H](CCCCN(C)C)NC(=O)[C@@H](NC(=O)COCCOCCOCCOCCOCCOCCOCCOCCn4cc(-c5cnc([S-])nc5)nn4)C(C)C)O[C@H]3C[C@H]3O[C@@H](CCC1O2)C[C@@H](C)C3=C.[Tb]. The zero-order valence-electron chi connectivity index (χ0n) is 67.1. The number of ketones is 1. The van der Waals surface area contributed by atoms with Crippen molar-refractivity contribution in [2.24, 2.45) is 17.8 Å². The van der Waals surface area contributed by atoms with E-state index in [4.69, 9.17) is 93.2 Å². The second-order valence-corrected chi connectivity index (χ2v) is 32.2. The molecule has 35 heteroatoms. The Kier molecular flexibility index (Phi) is 37.8. The summed E-state index contributed by atoms with van der Waals surface area (Å²) in [6.07, 6.45) is 7.75. The number of aliphatic hydroxyl groups is 1. The van der Waals surface area contributed by atoms with Gasteiger partial charge in [0.05, 0.1) is 186 Å². The Morgan fingerprint density at radius 1 is 0.675 bits per heavy atom. The summed E-state index contributed by atoms with van der Waals surface area (Å²) in [5.41, 5.74) is 3.44. The van der Waals surface area contributed by atoms with Gasteiger partial charge in [0, 0.05) is 120 Å². The molecule has 5 N–H and O–H groups in total. The van der Waals surface area contributed by atoms with Crippen LogP contribution in [0.5, 0.6) is 0 Å². The first-order valence-electron chi connectivity index (χ1n) is 40.9. The van der Waals surface area contributed by atoms with Crippen LogP contribution >= 0.6 is 0 Å². The minimum atomic E-state index is -1.12. The monoisotopic (exact) mass is 1770 g/mol. The quantitative estimate of drug-likeness (QED) is 0.0275. The molecule has 12 heterocycles. The van der Waals surface area contributed by atoms with Gasteiger partial charge < -0.3 is 124 Å². The average molecular weight is 1770 g/mol. The van der Waals surface area contributed by atoms with Crippen molar-refractivity contribution in [1.29, 1.82) is 0 Å². The van der Waals surface area contributed by atoms with Crippen LogP contribution in [0.1, 0.15) is 124 Å². The van der Waals surface area contributed by atoms with Crippen molar-refractivity contribution in [3.63, 3.8) is 0 Å². The first kappa shape index (κ1) is 92.3. The molecule has 10 aliphatic heterocycles. The van der Waals surface area contributed by atoms with E-state index in [0.717, 1.165) is 61.8 Å². The van der Waals surface area contributed by atoms with E-state index >= 15 is 0 Å². The third-order valence-corrected chi connectivity index (χ3v) is 22.9. The number of carbonyl (C=O) groups is 5. The number of ether oxygens (including phenoxy) is 17. The van der Waals surface area contributed by atoms with Crippen LogP contribution in [0.25, 0.3) is 11.3 Å². The van der Waals surface area contributed by atoms with Gasteiger partial charge in [0.2, 0.25) is 23.6 Å². The summed E-state index contributed by atoms with van der Waals surface area (Å²) in [7, 11) is 5.47. The molecule has 12 rings (SSSR count). The number of nitrogens with one attached hydrogen (secondary N) is 4. The molecule has 0 aliphatic carbocycles. The maximum Gasteiger partial charge on any atom is 0.246 e. The van der Waals surface area contributed by atoms with Gasteiger partial charge in [0.1, 0.15) is 60.7 Å². The Morgan fingerprint density at radius 3 is 1.96 bits per heavy atom. The Hall–Kier alpha value is -4.00. The van der Waals surface area contributed by atoms with Crippen LogP contribution in [-0.4, -0.2) is 326 Å². The fourth-order valence-electron chi connectivity index (χ4n) is 16.8. The summed E-state index contributed by atoms with van der Waals surface area (Å²) in [5, 5.41) is 31.2. The smallest absolute Gasteiger partial charge is 0.246 e. The van der Waals surface area contributed by atoms with Crippen molar-refractivity contribution in [3.8, 4) is 11.3 Å². The van der Waals surface area contributed by atoms with Crippen LogP contribution in [0, 0.1) is 56.4 Å². The molecule has 10 aliphatic rings. The van der Waals surface area contributed by atoms with Crippen molar-refractivity contribution in [2.75, 3.05) is 147 Å². The molecule has 0 saturated carbocycles. The number of methoxy groups -OCH3 is 1. The normalized spacial score (nSPS) is 30.7. The molecule has 10 fully saturated rings. The van der Waals surface area contributed by atoms with Gasteiger partial charge in [0.15, 0.2) is 5.79 Å². The third kappa shape index (κ3) is 27.3. The first-order valence-corrected chi connectivity index (χ1v) is 41.3. The van der Waals surface area contributed by atoms with E-state index in [0.29, 0.717) is 137 Å². The maximum atomic E-state index is 14.6. The van der Waals surface area contributed by atoms with Gasteiger partial charge in [-0.15, -0.1) is 5.10 Å². The average Bonchev–Trinajstić information content (AvgIpc) is 1.55. The van der Waals surface area contributed by atoms with Gasteiger partial charge in [-0.3, -0.25) is 33.9 Å². The van der Waals surface area contributed by atoms with Crippen LogP contribution in [0.2, 0.25) is 0 Å². The summed E-state index contributed by atoms with van der Waals surface area (Å²) in [6, 6.07) is -2.05. The maximum absolute atomic E-state index is 14.6. The number of aliphatic hydroxyl groups excluding tert-OH is 1.